The molecule has 2 amide bonds. The number of urea groups is 1. The summed E-state index contributed by atoms with van der Waals surface area (Å²) in [5, 5.41) is 18.7. The molecule has 2 N–H and O–H groups in total. The number of carboxylic acid groups (broad SMARTS) is 1. The van der Waals surface area contributed by atoms with E-state index in [1.54, 1.807) is 18.7 Å². The Hall–Kier alpha value is -1.34. The zero-order valence-electron chi connectivity index (χ0n) is 12.7. The van der Waals surface area contributed by atoms with Gasteiger partial charge in [0, 0.05) is 39.8 Å². The summed E-state index contributed by atoms with van der Waals surface area (Å²) in [6.07, 6.45) is 0. The predicted molar refractivity (Wildman–Crippen MR) is 74.6 cm³/mol. The SMILES string of the molecule is CC(C(=O)O)N(C)C(=O)N1CCN(CC(C)(C)O)CC1. The van der Waals surface area contributed by atoms with Crippen LogP contribution in [0.1, 0.15) is 20.8 Å². The van der Waals surface area contributed by atoms with Crippen LogP contribution in [0.25, 0.3) is 0 Å². The minimum Gasteiger partial charge on any atom is -0.480 e. The summed E-state index contributed by atoms with van der Waals surface area (Å²) in [7, 11) is 1.50. The number of aliphatic hydroxyl groups is 1. The van der Waals surface area contributed by atoms with Gasteiger partial charge in [0.2, 0.25) is 0 Å². The van der Waals surface area contributed by atoms with Gasteiger partial charge in [0.1, 0.15) is 6.04 Å². The van der Waals surface area contributed by atoms with Crippen LogP contribution in [0.5, 0.6) is 0 Å². The summed E-state index contributed by atoms with van der Waals surface area (Å²) in [5.74, 6) is -1.01. The van der Waals surface area contributed by atoms with Crippen molar-refractivity contribution in [3.63, 3.8) is 0 Å². The molecule has 0 aliphatic carbocycles. The first-order valence-electron chi connectivity index (χ1n) is 6.81. The molecule has 116 valence electrons. The predicted octanol–water partition coefficient (Wildman–Crippen LogP) is -0.100. The third kappa shape index (κ3) is 4.64. The van der Waals surface area contributed by atoms with Gasteiger partial charge in [0.05, 0.1) is 5.60 Å². The van der Waals surface area contributed by atoms with Crippen molar-refractivity contribution in [2.24, 2.45) is 0 Å². The van der Waals surface area contributed by atoms with Gasteiger partial charge in [-0.05, 0) is 20.8 Å². The summed E-state index contributed by atoms with van der Waals surface area (Å²) in [5.41, 5.74) is -0.749. The van der Waals surface area contributed by atoms with Crippen molar-refractivity contribution in [3.8, 4) is 0 Å². The number of carboxylic acids is 1. The van der Waals surface area contributed by atoms with Gasteiger partial charge in [-0.3, -0.25) is 4.90 Å². The van der Waals surface area contributed by atoms with Crippen LogP contribution in [-0.4, -0.2) is 88.3 Å². The number of rotatable bonds is 4. The standard InChI is InChI=1S/C13H25N3O4/c1-10(11(17)18)14(4)12(19)16-7-5-15(6-8-16)9-13(2,3)20/h10,20H,5-9H2,1-4H3,(H,17,18). The van der Waals surface area contributed by atoms with E-state index in [1.807, 2.05) is 0 Å². The molecule has 1 fully saturated rings. The molecule has 0 aromatic heterocycles. The lowest BCUT2D eigenvalue weighted by Gasteiger charge is -2.39. The van der Waals surface area contributed by atoms with Crippen LogP contribution in [-0.2, 0) is 4.79 Å². The summed E-state index contributed by atoms with van der Waals surface area (Å²) in [6, 6.07) is -1.10. The number of hydrogen-bond acceptors (Lipinski definition) is 4. The summed E-state index contributed by atoms with van der Waals surface area (Å²) < 4.78 is 0. The maximum Gasteiger partial charge on any atom is 0.326 e. The fraction of sp³-hybridized carbons (Fsp3) is 0.846. The summed E-state index contributed by atoms with van der Waals surface area (Å²) in [4.78, 5) is 28.0. The molecule has 1 unspecified atom stereocenters. The van der Waals surface area contributed by atoms with Crippen molar-refractivity contribution in [2.45, 2.75) is 32.4 Å². The number of amides is 2. The molecule has 20 heavy (non-hydrogen) atoms. The number of piperazine rings is 1. The Morgan fingerprint density at radius 1 is 1.25 bits per heavy atom. The molecule has 7 heteroatoms. The van der Waals surface area contributed by atoms with Crippen LogP contribution in [0.15, 0.2) is 0 Å². The molecule has 1 atom stereocenters. The van der Waals surface area contributed by atoms with Gasteiger partial charge in [-0.1, -0.05) is 0 Å². The molecular formula is C13H25N3O4. The van der Waals surface area contributed by atoms with Crippen LogP contribution in [0, 0.1) is 0 Å². The van der Waals surface area contributed by atoms with Gasteiger partial charge < -0.3 is 20.0 Å². The highest BCUT2D eigenvalue weighted by Gasteiger charge is 2.29. The minimum atomic E-state index is -1.01. The fourth-order valence-corrected chi connectivity index (χ4v) is 2.20. The van der Waals surface area contributed by atoms with E-state index in [1.165, 1.54) is 18.9 Å². The average molecular weight is 287 g/mol. The van der Waals surface area contributed by atoms with E-state index in [-0.39, 0.29) is 6.03 Å². The van der Waals surface area contributed by atoms with E-state index in [4.69, 9.17) is 5.11 Å². The van der Waals surface area contributed by atoms with E-state index >= 15 is 0 Å². The smallest absolute Gasteiger partial charge is 0.326 e. The van der Waals surface area contributed by atoms with Crippen LogP contribution in [0.4, 0.5) is 4.79 Å². The minimum absolute atomic E-state index is 0.261. The Morgan fingerprint density at radius 3 is 2.15 bits per heavy atom. The number of aliphatic carboxylic acids is 1. The van der Waals surface area contributed by atoms with E-state index < -0.39 is 17.6 Å². The zero-order valence-corrected chi connectivity index (χ0v) is 12.7. The van der Waals surface area contributed by atoms with Crippen molar-refractivity contribution in [1.29, 1.82) is 0 Å². The summed E-state index contributed by atoms with van der Waals surface area (Å²) in [6.45, 7) is 8.04. The number of likely N-dealkylation sites (N-methyl/N-ethyl adjacent to an activating group) is 1. The Labute approximate surface area is 119 Å². The fourth-order valence-electron chi connectivity index (χ4n) is 2.20. The lowest BCUT2D eigenvalue weighted by Crippen LogP contribution is -2.56. The monoisotopic (exact) mass is 287 g/mol. The molecule has 0 aromatic carbocycles. The molecule has 0 saturated carbocycles. The number of nitrogens with zero attached hydrogens (tertiary/aromatic N) is 3. The van der Waals surface area contributed by atoms with Gasteiger partial charge in [0.25, 0.3) is 0 Å². The second kappa shape index (κ2) is 6.41. The Balaban J connectivity index is 2.49. The van der Waals surface area contributed by atoms with E-state index in [0.717, 1.165) is 0 Å². The first-order chi connectivity index (χ1) is 9.11. The first-order valence-corrected chi connectivity index (χ1v) is 6.81. The van der Waals surface area contributed by atoms with Crippen molar-refractivity contribution in [1.82, 2.24) is 14.7 Å². The molecule has 1 heterocycles. The van der Waals surface area contributed by atoms with Crippen molar-refractivity contribution < 1.29 is 19.8 Å². The van der Waals surface area contributed by atoms with Crippen LogP contribution in [0.3, 0.4) is 0 Å². The summed E-state index contributed by atoms with van der Waals surface area (Å²) >= 11 is 0. The van der Waals surface area contributed by atoms with Crippen molar-refractivity contribution in [2.75, 3.05) is 39.8 Å². The second-order valence-corrected chi connectivity index (χ2v) is 5.98. The molecule has 7 nitrogen and oxygen atoms in total. The maximum atomic E-state index is 12.2. The van der Waals surface area contributed by atoms with Gasteiger partial charge in [0.15, 0.2) is 0 Å². The van der Waals surface area contributed by atoms with Crippen LogP contribution in [0.2, 0.25) is 0 Å². The normalized spacial score (nSPS) is 18.8. The second-order valence-electron chi connectivity index (χ2n) is 5.98. The Kier molecular flexibility index (Phi) is 5.35. The topological polar surface area (TPSA) is 84.3 Å². The molecular weight excluding hydrogens is 262 g/mol. The van der Waals surface area contributed by atoms with Gasteiger partial charge >= 0.3 is 12.0 Å². The Bertz CT molecular complexity index is 359. The van der Waals surface area contributed by atoms with Crippen LogP contribution >= 0.6 is 0 Å². The number of carbonyl (C=O) groups excluding carboxylic acids is 1. The highest BCUT2D eigenvalue weighted by Crippen LogP contribution is 2.11. The third-order valence-electron chi connectivity index (χ3n) is 3.49. The number of β-amino-alcohol motifs (C(OH)–C–C–N with tert-alkyl or cyclic N) is 1. The molecule has 0 bridgehead atoms. The van der Waals surface area contributed by atoms with Gasteiger partial charge in [-0.2, -0.15) is 0 Å². The molecule has 0 radical (unpaired) electrons. The third-order valence-corrected chi connectivity index (χ3v) is 3.49. The van der Waals surface area contributed by atoms with E-state index in [2.05, 4.69) is 4.90 Å². The lowest BCUT2D eigenvalue weighted by atomic mass is 10.1. The lowest BCUT2D eigenvalue weighted by molar-refractivity contribution is -0.141. The molecule has 0 spiro atoms. The number of hydrogen-bond donors (Lipinski definition) is 2. The molecule has 1 saturated heterocycles. The van der Waals surface area contributed by atoms with Crippen LogP contribution < -0.4 is 0 Å². The average Bonchev–Trinajstić information content (AvgIpc) is 2.35. The first kappa shape index (κ1) is 16.7. The maximum absolute atomic E-state index is 12.2. The molecule has 1 aliphatic heterocycles. The van der Waals surface area contributed by atoms with E-state index in [9.17, 15) is 14.7 Å². The van der Waals surface area contributed by atoms with E-state index in [0.29, 0.717) is 32.7 Å². The Morgan fingerprint density at radius 2 is 1.75 bits per heavy atom. The molecule has 1 rings (SSSR count). The van der Waals surface area contributed by atoms with Crippen molar-refractivity contribution >= 4 is 12.0 Å². The highest BCUT2D eigenvalue weighted by atomic mass is 16.4. The quantitative estimate of drug-likeness (QED) is 0.754. The molecule has 1 aliphatic rings. The van der Waals surface area contributed by atoms with Gasteiger partial charge in [-0.25, -0.2) is 9.59 Å². The zero-order chi connectivity index (χ0) is 15.5. The largest absolute Gasteiger partial charge is 0.480 e. The number of carbonyl (C=O) groups is 2. The molecule has 0 aromatic rings. The highest BCUT2D eigenvalue weighted by molar-refractivity contribution is 5.82. The van der Waals surface area contributed by atoms with Crippen molar-refractivity contribution in [3.05, 3.63) is 0 Å². The van der Waals surface area contributed by atoms with Gasteiger partial charge in [-0.15, -0.1) is 0 Å².